The van der Waals surface area contributed by atoms with E-state index in [4.69, 9.17) is 10.00 Å². The van der Waals surface area contributed by atoms with Crippen molar-refractivity contribution in [3.05, 3.63) is 29.8 Å². The highest BCUT2D eigenvalue weighted by Gasteiger charge is 2.29. The van der Waals surface area contributed by atoms with Crippen LogP contribution in [0.4, 0.5) is 0 Å². The van der Waals surface area contributed by atoms with Gasteiger partial charge in [0.1, 0.15) is 5.75 Å². The molecule has 0 aromatic heterocycles. The van der Waals surface area contributed by atoms with Crippen LogP contribution in [0.1, 0.15) is 31.2 Å². The maximum absolute atomic E-state index is 12.4. The van der Waals surface area contributed by atoms with E-state index in [1.807, 2.05) is 29.2 Å². The number of hydrogen-bond acceptors (Lipinski definition) is 4. The summed E-state index contributed by atoms with van der Waals surface area (Å²) in [5, 5.41) is 8.67. The van der Waals surface area contributed by atoms with Crippen LogP contribution in [-0.2, 0) is 11.2 Å². The monoisotopic (exact) mass is 327 g/mol. The molecule has 128 valence electrons. The number of benzene rings is 1. The lowest BCUT2D eigenvalue weighted by Gasteiger charge is -2.37. The predicted molar refractivity (Wildman–Crippen MR) is 91.7 cm³/mol. The lowest BCUT2D eigenvalue weighted by molar-refractivity contribution is -0.135. The van der Waals surface area contributed by atoms with Crippen molar-refractivity contribution in [3.63, 3.8) is 0 Å². The molecule has 1 amide bonds. The van der Waals surface area contributed by atoms with Crippen molar-refractivity contribution in [3.8, 4) is 11.8 Å². The van der Waals surface area contributed by atoms with Gasteiger partial charge in [-0.05, 0) is 56.5 Å². The molecule has 0 N–H and O–H groups in total. The van der Waals surface area contributed by atoms with Gasteiger partial charge in [0.25, 0.3) is 5.91 Å². The standard InChI is InChI=1S/C19H25N3O2/c20-10-9-16-5-7-18(8-6-16)24-15-19(23)22-13-3-4-17(14-22)21-11-1-2-12-21/h5-8,17H,1-4,9,11-15H2/t17-/m0/s1. The van der Waals surface area contributed by atoms with Gasteiger partial charge in [-0.3, -0.25) is 9.69 Å². The summed E-state index contributed by atoms with van der Waals surface area (Å²) in [5.41, 5.74) is 0.959. The first-order chi connectivity index (χ1) is 11.8. The third kappa shape index (κ3) is 4.27. The molecule has 1 atom stereocenters. The summed E-state index contributed by atoms with van der Waals surface area (Å²) >= 11 is 0. The molecule has 3 rings (SSSR count). The first kappa shape index (κ1) is 16.8. The highest BCUT2D eigenvalue weighted by Crippen LogP contribution is 2.21. The Kier molecular flexibility index (Phi) is 5.71. The molecule has 2 heterocycles. The molecule has 24 heavy (non-hydrogen) atoms. The van der Waals surface area contributed by atoms with Gasteiger partial charge in [-0.25, -0.2) is 0 Å². The Balaban J connectivity index is 1.48. The molecular weight excluding hydrogens is 302 g/mol. The summed E-state index contributed by atoms with van der Waals surface area (Å²) in [5.74, 6) is 0.748. The normalized spacial score (nSPS) is 21.5. The molecule has 0 unspecified atom stereocenters. The summed E-state index contributed by atoms with van der Waals surface area (Å²) < 4.78 is 5.63. The first-order valence-corrected chi connectivity index (χ1v) is 8.87. The molecule has 5 nitrogen and oxygen atoms in total. The van der Waals surface area contributed by atoms with Crippen molar-refractivity contribution in [1.82, 2.24) is 9.80 Å². The third-order valence-electron chi connectivity index (χ3n) is 4.98. The molecule has 0 saturated carbocycles. The molecule has 2 aliphatic heterocycles. The number of piperidine rings is 1. The van der Waals surface area contributed by atoms with Crippen molar-refractivity contribution in [2.24, 2.45) is 0 Å². The van der Waals surface area contributed by atoms with Crippen LogP contribution in [0.25, 0.3) is 0 Å². The van der Waals surface area contributed by atoms with Gasteiger partial charge < -0.3 is 9.64 Å². The van der Waals surface area contributed by atoms with Gasteiger partial charge in [0.05, 0.1) is 12.5 Å². The molecule has 5 heteroatoms. The fourth-order valence-electron chi connectivity index (χ4n) is 3.62. The summed E-state index contributed by atoms with van der Waals surface area (Å²) in [6.07, 6.45) is 5.25. The topological polar surface area (TPSA) is 56.6 Å². The number of hydrogen-bond donors (Lipinski definition) is 0. The largest absolute Gasteiger partial charge is 0.484 e. The van der Waals surface area contributed by atoms with Crippen molar-refractivity contribution < 1.29 is 9.53 Å². The number of carbonyl (C=O) groups excluding carboxylic acids is 1. The average molecular weight is 327 g/mol. The van der Waals surface area contributed by atoms with Crippen LogP contribution >= 0.6 is 0 Å². The van der Waals surface area contributed by atoms with Crippen LogP contribution in [-0.4, -0.2) is 54.5 Å². The van der Waals surface area contributed by atoms with Gasteiger partial charge in [0, 0.05) is 19.1 Å². The SMILES string of the molecule is N#CCc1ccc(OCC(=O)N2CCC[C@H](N3CCCC3)C2)cc1. The van der Waals surface area contributed by atoms with E-state index in [0.29, 0.717) is 18.2 Å². The molecule has 0 aliphatic carbocycles. The predicted octanol–water partition coefficient (Wildman–Crippen LogP) is 2.22. The van der Waals surface area contributed by atoms with E-state index >= 15 is 0 Å². The van der Waals surface area contributed by atoms with Crippen molar-refractivity contribution in [2.45, 2.75) is 38.1 Å². The van der Waals surface area contributed by atoms with E-state index < -0.39 is 0 Å². The lowest BCUT2D eigenvalue weighted by Crippen LogP contribution is -2.50. The Hall–Kier alpha value is -2.06. The second kappa shape index (κ2) is 8.16. The Morgan fingerprint density at radius 2 is 1.92 bits per heavy atom. The second-order valence-corrected chi connectivity index (χ2v) is 6.65. The fourth-order valence-corrected chi connectivity index (χ4v) is 3.62. The zero-order chi connectivity index (χ0) is 16.8. The molecule has 2 aliphatic rings. The third-order valence-corrected chi connectivity index (χ3v) is 4.98. The first-order valence-electron chi connectivity index (χ1n) is 8.87. The van der Waals surface area contributed by atoms with Crippen LogP contribution < -0.4 is 4.74 Å². The van der Waals surface area contributed by atoms with Crippen molar-refractivity contribution in [2.75, 3.05) is 32.8 Å². The number of ether oxygens (including phenoxy) is 1. The van der Waals surface area contributed by atoms with Crippen LogP contribution in [0.5, 0.6) is 5.75 Å². The zero-order valence-electron chi connectivity index (χ0n) is 14.1. The van der Waals surface area contributed by atoms with Gasteiger partial charge in [-0.2, -0.15) is 5.26 Å². The summed E-state index contributed by atoms with van der Waals surface area (Å²) in [6.45, 7) is 4.12. The molecular formula is C19H25N3O2. The Bertz CT molecular complexity index is 588. The second-order valence-electron chi connectivity index (χ2n) is 6.65. The number of nitriles is 1. The minimum atomic E-state index is 0.0694. The minimum absolute atomic E-state index is 0.0694. The maximum Gasteiger partial charge on any atom is 0.260 e. The van der Waals surface area contributed by atoms with Crippen LogP contribution in [0.2, 0.25) is 0 Å². The molecule has 1 aromatic rings. The van der Waals surface area contributed by atoms with E-state index in [-0.39, 0.29) is 12.5 Å². The number of nitrogens with zero attached hydrogens (tertiary/aromatic N) is 3. The number of rotatable bonds is 5. The van der Waals surface area contributed by atoms with Crippen LogP contribution in [0.15, 0.2) is 24.3 Å². The highest BCUT2D eigenvalue weighted by atomic mass is 16.5. The van der Waals surface area contributed by atoms with Gasteiger partial charge in [0.15, 0.2) is 6.61 Å². The van der Waals surface area contributed by atoms with Gasteiger partial charge in [-0.1, -0.05) is 12.1 Å². The maximum atomic E-state index is 12.4. The molecule has 0 radical (unpaired) electrons. The molecule has 0 spiro atoms. The van der Waals surface area contributed by atoms with Crippen LogP contribution in [0.3, 0.4) is 0 Å². The minimum Gasteiger partial charge on any atom is -0.484 e. The Labute approximate surface area is 143 Å². The Morgan fingerprint density at radius 3 is 2.62 bits per heavy atom. The smallest absolute Gasteiger partial charge is 0.260 e. The summed E-state index contributed by atoms with van der Waals surface area (Å²) in [7, 11) is 0. The van der Waals surface area contributed by atoms with Crippen molar-refractivity contribution >= 4 is 5.91 Å². The van der Waals surface area contributed by atoms with E-state index in [1.165, 1.54) is 32.4 Å². The van der Waals surface area contributed by atoms with Crippen molar-refractivity contribution in [1.29, 1.82) is 5.26 Å². The highest BCUT2D eigenvalue weighted by molar-refractivity contribution is 5.78. The van der Waals surface area contributed by atoms with E-state index in [2.05, 4.69) is 11.0 Å². The number of likely N-dealkylation sites (tertiary alicyclic amines) is 2. The number of carbonyl (C=O) groups is 1. The Morgan fingerprint density at radius 1 is 1.17 bits per heavy atom. The van der Waals surface area contributed by atoms with E-state index in [9.17, 15) is 4.79 Å². The molecule has 1 aromatic carbocycles. The summed E-state index contributed by atoms with van der Waals surface area (Å²) in [6, 6.07) is 10.0. The van der Waals surface area contributed by atoms with Gasteiger partial charge in [0.2, 0.25) is 0 Å². The van der Waals surface area contributed by atoms with E-state index in [1.54, 1.807) is 0 Å². The average Bonchev–Trinajstić information content (AvgIpc) is 3.16. The van der Waals surface area contributed by atoms with E-state index in [0.717, 1.165) is 25.1 Å². The zero-order valence-corrected chi connectivity index (χ0v) is 14.1. The fraction of sp³-hybridized carbons (Fsp3) is 0.579. The van der Waals surface area contributed by atoms with Gasteiger partial charge in [-0.15, -0.1) is 0 Å². The van der Waals surface area contributed by atoms with Crippen LogP contribution in [0, 0.1) is 11.3 Å². The number of amides is 1. The summed E-state index contributed by atoms with van der Waals surface area (Å²) in [4.78, 5) is 16.9. The quantitative estimate of drug-likeness (QED) is 0.832. The van der Waals surface area contributed by atoms with Gasteiger partial charge >= 0.3 is 0 Å². The molecule has 0 bridgehead atoms. The molecule has 2 fully saturated rings. The molecule has 2 saturated heterocycles. The lowest BCUT2D eigenvalue weighted by atomic mass is 10.0.